The fraction of sp³-hybridized carbons (Fsp3) is 0.300. The summed E-state index contributed by atoms with van der Waals surface area (Å²) < 4.78 is 0. The number of aliphatic carboxylic acids is 1. The molecule has 0 spiro atoms. The van der Waals surface area contributed by atoms with Gasteiger partial charge in [-0.3, -0.25) is 4.79 Å². The molecule has 4 nitrogen and oxygen atoms in total. The summed E-state index contributed by atoms with van der Waals surface area (Å²) in [7, 11) is 0. The maximum atomic E-state index is 10.2. The van der Waals surface area contributed by atoms with Gasteiger partial charge in [0.05, 0.1) is 6.42 Å². The predicted octanol–water partition coefficient (Wildman–Crippen LogP) is 1.41. The lowest BCUT2D eigenvalue weighted by Crippen LogP contribution is -2.17. The molecule has 0 amide bonds. The largest absolute Gasteiger partial charge is 0.481 e. The van der Waals surface area contributed by atoms with Crippen molar-refractivity contribution in [3.63, 3.8) is 0 Å². The lowest BCUT2D eigenvalue weighted by molar-refractivity contribution is -0.136. The molecule has 0 radical (unpaired) electrons. The van der Waals surface area contributed by atoms with Gasteiger partial charge in [-0.1, -0.05) is 30.3 Å². The van der Waals surface area contributed by atoms with E-state index in [1.165, 1.54) is 5.56 Å². The van der Waals surface area contributed by atoms with Gasteiger partial charge >= 0.3 is 5.97 Å². The Morgan fingerprint density at radius 1 is 1.29 bits per heavy atom. The highest BCUT2D eigenvalue weighted by Gasteiger charge is 1.95. The van der Waals surface area contributed by atoms with Crippen LogP contribution in [-0.4, -0.2) is 17.6 Å². The minimum Gasteiger partial charge on any atom is -0.481 e. The molecule has 0 aromatic heterocycles. The summed E-state index contributed by atoms with van der Waals surface area (Å²) in [6, 6.07) is 9.91. The summed E-state index contributed by atoms with van der Waals surface area (Å²) in [6.07, 6.45) is 0.173. The zero-order valence-corrected chi connectivity index (χ0v) is 8.07. The number of rotatable bonds is 5. The molecule has 14 heavy (non-hydrogen) atoms. The van der Waals surface area contributed by atoms with Crippen molar-refractivity contribution in [3.05, 3.63) is 35.9 Å². The molecule has 1 rings (SSSR count). The van der Waals surface area contributed by atoms with Gasteiger partial charge in [0.1, 0.15) is 0 Å². The van der Waals surface area contributed by atoms with Crippen LogP contribution in [0.5, 0.6) is 0 Å². The topological polar surface area (TPSA) is 84.3 Å². The van der Waals surface area contributed by atoms with Gasteiger partial charge in [0, 0.05) is 13.1 Å². The van der Waals surface area contributed by atoms with Crippen LogP contribution in [0.2, 0.25) is 0 Å². The Balaban J connectivity index is 0.00000169. The molecule has 5 N–H and O–H groups in total. The van der Waals surface area contributed by atoms with Crippen LogP contribution in [0.25, 0.3) is 0 Å². The van der Waals surface area contributed by atoms with E-state index in [2.05, 4.69) is 5.32 Å². The number of carboxylic acid groups (broad SMARTS) is 1. The van der Waals surface area contributed by atoms with Gasteiger partial charge in [-0.2, -0.15) is 0 Å². The number of hydrogen-bond donors (Lipinski definition) is 3. The molecular weight excluding hydrogens is 180 g/mol. The molecule has 1 aromatic carbocycles. The molecule has 78 valence electrons. The Hall–Kier alpha value is -1.39. The van der Waals surface area contributed by atoms with E-state index >= 15 is 0 Å². The fourth-order valence-corrected chi connectivity index (χ4v) is 1.02. The molecule has 0 saturated carbocycles. The molecule has 0 aliphatic heterocycles. The molecule has 0 heterocycles. The van der Waals surface area contributed by atoms with Crippen molar-refractivity contribution < 1.29 is 9.90 Å². The zero-order valence-electron chi connectivity index (χ0n) is 8.07. The van der Waals surface area contributed by atoms with Crippen molar-refractivity contribution in [1.82, 2.24) is 11.5 Å². The van der Waals surface area contributed by atoms with E-state index in [0.29, 0.717) is 6.54 Å². The number of nitrogens with one attached hydrogen (secondary N) is 1. The molecule has 4 heteroatoms. The first-order chi connectivity index (χ1) is 6.29. The fourth-order valence-electron chi connectivity index (χ4n) is 1.02. The second-order valence-electron chi connectivity index (χ2n) is 2.81. The minimum atomic E-state index is -0.763. The normalized spacial score (nSPS) is 9.14. The third-order valence-corrected chi connectivity index (χ3v) is 1.69. The first-order valence-electron chi connectivity index (χ1n) is 4.25. The lowest BCUT2D eigenvalue weighted by atomic mass is 10.2. The van der Waals surface area contributed by atoms with E-state index in [9.17, 15) is 4.79 Å². The summed E-state index contributed by atoms with van der Waals surface area (Å²) in [5, 5.41) is 11.4. The zero-order chi connectivity index (χ0) is 9.52. The van der Waals surface area contributed by atoms with Gasteiger partial charge in [-0.15, -0.1) is 0 Å². The van der Waals surface area contributed by atoms with Crippen molar-refractivity contribution in [3.8, 4) is 0 Å². The Morgan fingerprint density at radius 3 is 2.50 bits per heavy atom. The maximum Gasteiger partial charge on any atom is 0.304 e. The number of carbonyl (C=O) groups is 1. The smallest absolute Gasteiger partial charge is 0.304 e. The SMILES string of the molecule is N.O=C(O)CCNCc1ccccc1. The van der Waals surface area contributed by atoms with E-state index in [0.717, 1.165) is 6.54 Å². The van der Waals surface area contributed by atoms with Gasteiger partial charge in [-0.25, -0.2) is 0 Å². The summed E-state index contributed by atoms with van der Waals surface area (Å²) in [6.45, 7) is 1.25. The third-order valence-electron chi connectivity index (χ3n) is 1.69. The monoisotopic (exact) mass is 196 g/mol. The quantitative estimate of drug-likeness (QED) is 0.622. The molecule has 0 fully saturated rings. The van der Waals surface area contributed by atoms with Gasteiger partial charge in [0.2, 0.25) is 0 Å². The Morgan fingerprint density at radius 2 is 1.93 bits per heavy atom. The van der Waals surface area contributed by atoms with Gasteiger partial charge < -0.3 is 16.6 Å². The first kappa shape index (κ1) is 12.6. The average molecular weight is 196 g/mol. The van der Waals surface area contributed by atoms with E-state index in [4.69, 9.17) is 5.11 Å². The van der Waals surface area contributed by atoms with Gasteiger partial charge in [-0.05, 0) is 5.56 Å². The van der Waals surface area contributed by atoms with Crippen LogP contribution in [0.15, 0.2) is 30.3 Å². The van der Waals surface area contributed by atoms with Gasteiger partial charge in [0.15, 0.2) is 0 Å². The lowest BCUT2D eigenvalue weighted by Gasteiger charge is -2.01. The second kappa shape index (κ2) is 7.06. The van der Waals surface area contributed by atoms with Crippen LogP contribution in [0.4, 0.5) is 0 Å². The molecule has 0 bridgehead atoms. The first-order valence-corrected chi connectivity index (χ1v) is 4.25. The van der Waals surface area contributed by atoms with E-state index in [1.54, 1.807) is 0 Å². The minimum absolute atomic E-state index is 0. The molecule has 0 aliphatic carbocycles. The highest BCUT2D eigenvalue weighted by Crippen LogP contribution is 1.96. The highest BCUT2D eigenvalue weighted by atomic mass is 16.4. The van der Waals surface area contributed by atoms with Crippen molar-refractivity contribution in [2.75, 3.05) is 6.54 Å². The maximum absolute atomic E-state index is 10.2. The standard InChI is InChI=1S/C10H13NO2.H3N/c12-10(13)6-7-11-8-9-4-2-1-3-5-9;/h1-5,11H,6-8H2,(H,12,13);1H3. The number of benzene rings is 1. The van der Waals surface area contributed by atoms with Crippen LogP contribution >= 0.6 is 0 Å². The number of carboxylic acids is 1. The molecular formula is C10H16N2O2. The van der Waals surface area contributed by atoms with E-state index in [1.807, 2.05) is 30.3 Å². The average Bonchev–Trinajstić information content (AvgIpc) is 2.14. The van der Waals surface area contributed by atoms with Crippen molar-refractivity contribution in [1.29, 1.82) is 0 Å². The predicted molar refractivity (Wildman–Crippen MR) is 55.4 cm³/mol. The van der Waals surface area contributed by atoms with E-state index in [-0.39, 0.29) is 12.6 Å². The van der Waals surface area contributed by atoms with Crippen LogP contribution in [0, 0.1) is 0 Å². The van der Waals surface area contributed by atoms with Crippen molar-refractivity contribution in [2.24, 2.45) is 0 Å². The van der Waals surface area contributed by atoms with Crippen LogP contribution in [-0.2, 0) is 11.3 Å². The van der Waals surface area contributed by atoms with Crippen LogP contribution in [0.1, 0.15) is 12.0 Å². The summed E-state index contributed by atoms with van der Waals surface area (Å²) >= 11 is 0. The molecule has 1 aromatic rings. The Labute approximate surface area is 83.5 Å². The second-order valence-corrected chi connectivity index (χ2v) is 2.81. The Bertz CT molecular complexity index is 262. The Kier molecular flexibility index (Phi) is 6.36. The van der Waals surface area contributed by atoms with Gasteiger partial charge in [0.25, 0.3) is 0 Å². The molecule has 0 saturated heterocycles. The third kappa shape index (κ3) is 5.29. The van der Waals surface area contributed by atoms with Crippen LogP contribution < -0.4 is 11.5 Å². The molecule has 0 aliphatic rings. The number of hydrogen-bond acceptors (Lipinski definition) is 3. The summed E-state index contributed by atoms with van der Waals surface area (Å²) in [5.74, 6) is -0.763. The molecule has 0 atom stereocenters. The van der Waals surface area contributed by atoms with Crippen molar-refractivity contribution in [2.45, 2.75) is 13.0 Å². The van der Waals surface area contributed by atoms with E-state index < -0.39 is 5.97 Å². The highest BCUT2D eigenvalue weighted by molar-refractivity contribution is 5.66. The summed E-state index contributed by atoms with van der Waals surface area (Å²) in [4.78, 5) is 10.2. The van der Waals surface area contributed by atoms with Crippen LogP contribution in [0.3, 0.4) is 0 Å². The molecule has 0 unspecified atom stereocenters. The van der Waals surface area contributed by atoms with Crippen molar-refractivity contribution >= 4 is 5.97 Å². The summed E-state index contributed by atoms with van der Waals surface area (Å²) in [5.41, 5.74) is 1.17.